The van der Waals surface area contributed by atoms with Crippen LogP contribution in [0.25, 0.3) is 10.8 Å². The zero-order valence-corrected chi connectivity index (χ0v) is 24.4. The van der Waals surface area contributed by atoms with Crippen molar-refractivity contribution < 1.29 is 19.1 Å². The number of amides is 3. The van der Waals surface area contributed by atoms with Crippen LogP contribution in [0.15, 0.2) is 120 Å². The lowest BCUT2D eigenvalue weighted by Crippen LogP contribution is -2.50. The van der Waals surface area contributed by atoms with Gasteiger partial charge < -0.3 is 24.8 Å². The van der Waals surface area contributed by atoms with Crippen LogP contribution in [0.2, 0.25) is 0 Å². The summed E-state index contributed by atoms with van der Waals surface area (Å²) in [7, 11) is 3.21. The number of carbonyl (C=O) groups is 3. The lowest BCUT2D eigenvalue weighted by molar-refractivity contribution is -0.127. The molecule has 1 aromatic heterocycles. The van der Waals surface area contributed by atoms with Crippen molar-refractivity contribution in [2.45, 2.75) is 19.0 Å². The van der Waals surface area contributed by atoms with Gasteiger partial charge in [0.25, 0.3) is 11.5 Å². The summed E-state index contributed by atoms with van der Waals surface area (Å²) in [5.41, 5.74) is 1.81. The van der Waals surface area contributed by atoms with E-state index in [2.05, 4.69) is 10.6 Å². The molecule has 0 radical (unpaired) electrons. The molecule has 0 unspecified atom stereocenters. The maximum Gasteiger partial charge on any atom is 0.255 e. The fraction of sp³-hybridized carbons (Fsp3) is 0.143. The number of anilines is 2. The minimum absolute atomic E-state index is 0.264. The Labute approximate surface area is 254 Å². The van der Waals surface area contributed by atoms with Crippen molar-refractivity contribution >= 4 is 39.9 Å². The molecular formula is C35H32N4O5. The largest absolute Gasteiger partial charge is 0.497 e. The molecule has 4 aromatic carbocycles. The number of nitrogens with zero attached hydrogens (tertiary/aromatic N) is 2. The number of hydrogen-bond donors (Lipinski definition) is 2. The van der Waals surface area contributed by atoms with Crippen LogP contribution in [-0.4, -0.2) is 42.5 Å². The van der Waals surface area contributed by atoms with Gasteiger partial charge in [0, 0.05) is 42.7 Å². The zero-order valence-electron chi connectivity index (χ0n) is 24.4. The molecule has 0 spiro atoms. The summed E-state index contributed by atoms with van der Waals surface area (Å²) in [6.07, 6.45) is 1.70. The standard InChI is InChI=1S/C35H32N4O5/c1-38(29-14-16-30(44-2)17-15-29)35(43)31(20-24-8-4-3-5-9-24)37-32(40)23-39-19-18-28(22-33(39)41)36-34(42)27-13-12-25-10-6-7-11-26(25)21-27/h3-19,21-22,31H,20,23H2,1-2H3,(H,36,42)(H,37,40)/t31-/m0/s1. The summed E-state index contributed by atoms with van der Waals surface area (Å²) in [4.78, 5) is 53.9. The zero-order chi connectivity index (χ0) is 31.1. The molecule has 222 valence electrons. The van der Waals surface area contributed by atoms with E-state index in [4.69, 9.17) is 4.74 Å². The molecule has 0 aliphatic heterocycles. The van der Waals surface area contributed by atoms with E-state index in [0.717, 1.165) is 16.3 Å². The third kappa shape index (κ3) is 7.19. The van der Waals surface area contributed by atoms with Crippen LogP contribution in [0.5, 0.6) is 5.75 Å². The Morgan fingerprint density at radius 2 is 1.55 bits per heavy atom. The lowest BCUT2D eigenvalue weighted by Gasteiger charge is -2.25. The van der Waals surface area contributed by atoms with Crippen molar-refractivity contribution in [2.75, 3.05) is 24.4 Å². The summed E-state index contributed by atoms with van der Waals surface area (Å²) in [6, 6.07) is 31.4. The number of pyridine rings is 1. The highest BCUT2D eigenvalue weighted by Gasteiger charge is 2.25. The fourth-order valence-electron chi connectivity index (χ4n) is 4.86. The number of fused-ring (bicyclic) bond motifs is 1. The second-order valence-electron chi connectivity index (χ2n) is 10.3. The van der Waals surface area contributed by atoms with E-state index < -0.39 is 17.5 Å². The maximum absolute atomic E-state index is 13.6. The molecule has 0 saturated carbocycles. The van der Waals surface area contributed by atoms with E-state index in [1.54, 1.807) is 56.6 Å². The van der Waals surface area contributed by atoms with Gasteiger partial charge in [0.15, 0.2) is 0 Å². The fourth-order valence-corrected chi connectivity index (χ4v) is 4.86. The van der Waals surface area contributed by atoms with Crippen LogP contribution < -0.4 is 25.8 Å². The number of ether oxygens (including phenoxy) is 1. The van der Waals surface area contributed by atoms with E-state index in [0.29, 0.717) is 22.7 Å². The number of benzene rings is 4. The minimum Gasteiger partial charge on any atom is -0.497 e. The van der Waals surface area contributed by atoms with Gasteiger partial charge in [-0.05, 0) is 58.8 Å². The Morgan fingerprint density at radius 3 is 2.25 bits per heavy atom. The van der Waals surface area contributed by atoms with Gasteiger partial charge in [-0.15, -0.1) is 0 Å². The van der Waals surface area contributed by atoms with Crippen LogP contribution in [0.4, 0.5) is 11.4 Å². The molecule has 0 aliphatic carbocycles. The SMILES string of the molecule is COc1ccc(N(C)C(=O)[C@H](Cc2ccccc2)NC(=O)Cn2ccc(NC(=O)c3ccc4ccccc4c3)cc2=O)cc1. The van der Waals surface area contributed by atoms with Crippen molar-refractivity contribution in [1.29, 1.82) is 0 Å². The van der Waals surface area contributed by atoms with Gasteiger partial charge >= 0.3 is 0 Å². The van der Waals surface area contributed by atoms with Crippen molar-refractivity contribution in [3.05, 3.63) is 137 Å². The Balaban J connectivity index is 1.27. The number of likely N-dealkylation sites (N-methyl/N-ethyl adjacent to an activating group) is 1. The molecule has 1 heterocycles. The van der Waals surface area contributed by atoms with Crippen LogP contribution in [0.1, 0.15) is 15.9 Å². The van der Waals surface area contributed by atoms with Crippen LogP contribution >= 0.6 is 0 Å². The third-order valence-electron chi connectivity index (χ3n) is 7.29. The summed E-state index contributed by atoms with van der Waals surface area (Å²) in [6.45, 7) is -0.303. The molecule has 9 heteroatoms. The highest BCUT2D eigenvalue weighted by molar-refractivity contribution is 6.06. The van der Waals surface area contributed by atoms with Gasteiger partial charge in [0.1, 0.15) is 18.3 Å². The molecular weight excluding hydrogens is 556 g/mol. The number of carbonyl (C=O) groups excluding carboxylic acids is 3. The predicted molar refractivity (Wildman–Crippen MR) is 171 cm³/mol. The number of nitrogens with one attached hydrogen (secondary N) is 2. The monoisotopic (exact) mass is 588 g/mol. The van der Waals surface area contributed by atoms with Crippen molar-refractivity contribution in [3.63, 3.8) is 0 Å². The summed E-state index contributed by atoms with van der Waals surface area (Å²) in [5, 5.41) is 7.51. The average molecular weight is 589 g/mol. The van der Waals surface area contributed by atoms with E-state index in [1.165, 1.54) is 21.7 Å². The van der Waals surface area contributed by atoms with E-state index in [9.17, 15) is 19.2 Å². The van der Waals surface area contributed by atoms with E-state index in [-0.39, 0.29) is 24.8 Å². The van der Waals surface area contributed by atoms with Gasteiger partial charge in [0.2, 0.25) is 11.8 Å². The lowest BCUT2D eigenvalue weighted by atomic mass is 10.0. The molecule has 44 heavy (non-hydrogen) atoms. The van der Waals surface area contributed by atoms with Gasteiger partial charge in [-0.1, -0.05) is 60.7 Å². The number of rotatable bonds is 10. The van der Waals surface area contributed by atoms with Crippen molar-refractivity contribution in [3.8, 4) is 5.75 Å². The summed E-state index contributed by atoms with van der Waals surface area (Å²) in [5.74, 6) is -0.508. The van der Waals surface area contributed by atoms with Gasteiger partial charge in [-0.2, -0.15) is 0 Å². The van der Waals surface area contributed by atoms with Crippen molar-refractivity contribution in [1.82, 2.24) is 9.88 Å². The smallest absolute Gasteiger partial charge is 0.255 e. The maximum atomic E-state index is 13.6. The second kappa shape index (κ2) is 13.5. The first-order chi connectivity index (χ1) is 21.3. The number of methoxy groups -OCH3 is 1. The summed E-state index contributed by atoms with van der Waals surface area (Å²) < 4.78 is 6.43. The second-order valence-corrected chi connectivity index (χ2v) is 10.3. The van der Waals surface area contributed by atoms with E-state index >= 15 is 0 Å². The third-order valence-corrected chi connectivity index (χ3v) is 7.29. The predicted octanol–water partition coefficient (Wildman–Crippen LogP) is 4.65. The first-order valence-electron chi connectivity index (χ1n) is 14.1. The molecule has 5 rings (SSSR count). The van der Waals surface area contributed by atoms with E-state index in [1.807, 2.05) is 60.7 Å². The highest BCUT2D eigenvalue weighted by Crippen LogP contribution is 2.20. The molecule has 0 bridgehead atoms. The highest BCUT2D eigenvalue weighted by atomic mass is 16.5. The minimum atomic E-state index is -0.881. The topological polar surface area (TPSA) is 110 Å². The Morgan fingerprint density at radius 1 is 0.841 bits per heavy atom. The first kappa shape index (κ1) is 29.8. The molecule has 0 aliphatic rings. The van der Waals surface area contributed by atoms with Crippen LogP contribution in [0.3, 0.4) is 0 Å². The Hall–Kier alpha value is -5.70. The average Bonchev–Trinajstić information content (AvgIpc) is 3.05. The molecule has 5 aromatic rings. The molecule has 0 fully saturated rings. The van der Waals surface area contributed by atoms with Gasteiger partial charge in [-0.3, -0.25) is 19.2 Å². The molecule has 3 amide bonds. The Bertz CT molecular complexity index is 1850. The van der Waals surface area contributed by atoms with Crippen LogP contribution in [-0.2, 0) is 22.6 Å². The molecule has 2 N–H and O–H groups in total. The quantitative estimate of drug-likeness (QED) is 0.247. The van der Waals surface area contributed by atoms with Crippen LogP contribution in [0, 0.1) is 0 Å². The number of hydrogen-bond acceptors (Lipinski definition) is 5. The summed E-state index contributed by atoms with van der Waals surface area (Å²) >= 11 is 0. The molecule has 9 nitrogen and oxygen atoms in total. The molecule has 0 saturated heterocycles. The molecule has 1 atom stereocenters. The first-order valence-corrected chi connectivity index (χ1v) is 14.1. The number of aromatic nitrogens is 1. The van der Waals surface area contributed by atoms with Crippen molar-refractivity contribution in [2.24, 2.45) is 0 Å². The normalized spacial score (nSPS) is 11.4. The Kier molecular flexibility index (Phi) is 9.15. The van der Waals surface area contributed by atoms with Gasteiger partial charge in [-0.25, -0.2) is 0 Å². The van der Waals surface area contributed by atoms with Gasteiger partial charge in [0.05, 0.1) is 7.11 Å².